The average molecular weight is 355 g/mol. The topological polar surface area (TPSA) is 73.3 Å². The number of benzene rings is 1. The summed E-state index contributed by atoms with van der Waals surface area (Å²) in [5, 5.41) is 10.4. The van der Waals surface area contributed by atoms with Crippen molar-refractivity contribution in [3.8, 4) is 0 Å². The van der Waals surface area contributed by atoms with E-state index in [0.717, 1.165) is 12.1 Å². The Morgan fingerprint density at radius 1 is 1.10 bits per heavy atom. The van der Waals surface area contributed by atoms with Crippen molar-refractivity contribution in [2.24, 2.45) is 0 Å². The first-order valence-electron chi connectivity index (χ1n) is 4.95. The van der Waals surface area contributed by atoms with Gasteiger partial charge in [-0.05, 0) is 12.1 Å². The third-order valence-electron chi connectivity index (χ3n) is 2.34. The molecule has 0 spiro atoms. The number of halogens is 4. The Morgan fingerprint density at radius 3 is 2.30 bits per heavy atom. The van der Waals surface area contributed by atoms with Crippen LogP contribution in [0.4, 0.5) is 5.88 Å². The maximum atomic E-state index is 12.2. The SMILES string of the molecule is O=C(c1ccc([N+](=O)[O-])o1)c1c(Cl)cc(Cl)c(Cl)c1Cl. The van der Waals surface area contributed by atoms with Crippen molar-refractivity contribution < 1.29 is 14.1 Å². The predicted octanol–water partition coefficient (Wildman–Crippen LogP) is 5.03. The summed E-state index contributed by atoms with van der Waals surface area (Å²) in [6, 6.07) is 3.45. The first-order chi connectivity index (χ1) is 9.32. The van der Waals surface area contributed by atoms with Gasteiger partial charge < -0.3 is 4.42 Å². The summed E-state index contributed by atoms with van der Waals surface area (Å²) in [7, 11) is 0. The van der Waals surface area contributed by atoms with E-state index >= 15 is 0 Å². The third kappa shape index (κ3) is 2.62. The molecule has 0 aliphatic rings. The Hall–Kier alpha value is -1.27. The molecule has 0 aliphatic carbocycles. The Morgan fingerprint density at radius 2 is 1.75 bits per heavy atom. The van der Waals surface area contributed by atoms with Gasteiger partial charge in [-0.1, -0.05) is 46.4 Å². The fourth-order valence-electron chi connectivity index (χ4n) is 1.45. The summed E-state index contributed by atoms with van der Waals surface area (Å²) in [5.41, 5.74) is -0.132. The van der Waals surface area contributed by atoms with E-state index in [2.05, 4.69) is 0 Å². The molecule has 1 aromatic heterocycles. The van der Waals surface area contributed by atoms with Gasteiger partial charge in [0.25, 0.3) is 0 Å². The van der Waals surface area contributed by atoms with Crippen LogP contribution in [0.15, 0.2) is 22.6 Å². The predicted molar refractivity (Wildman–Crippen MR) is 75.3 cm³/mol. The van der Waals surface area contributed by atoms with E-state index in [-0.39, 0.29) is 31.4 Å². The minimum Gasteiger partial charge on any atom is -0.397 e. The van der Waals surface area contributed by atoms with E-state index in [1.807, 2.05) is 0 Å². The van der Waals surface area contributed by atoms with Crippen molar-refractivity contribution in [3.63, 3.8) is 0 Å². The molecule has 0 radical (unpaired) electrons. The molecule has 1 heterocycles. The zero-order valence-corrected chi connectivity index (χ0v) is 12.3. The second kappa shape index (κ2) is 5.61. The molecule has 20 heavy (non-hydrogen) atoms. The summed E-state index contributed by atoms with van der Waals surface area (Å²) in [6.07, 6.45) is 0. The van der Waals surface area contributed by atoms with Gasteiger partial charge in [-0.15, -0.1) is 0 Å². The number of carbonyl (C=O) groups excluding carboxylic acids is 1. The summed E-state index contributed by atoms with van der Waals surface area (Å²) in [5.74, 6) is -1.58. The fourth-order valence-corrected chi connectivity index (χ4v) is 2.53. The van der Waals surface area contributed by atoms with Crippen molar-refractivity contribution >= 4 is 58.1 Å². The molecule has 9 heteroatoms. The highest BCUT2D eigenvalue weighted by Gasteiger charge is 2.25. The summed E-state index contributed by atoms with van der Waals surface area (Å²) < 4.78 is 4.80. The highest BCUT2D eigenvalue weighted by atomic mass is 35.5. The molecule has 5 nitrogen and oxygen atoms in total. The molecule has 2 rings (SSSR count). The van der Waals surface area contributed by atoms with Gasteiger partial charge in [-0.3, -0.25) is 14.9 Å². The van der Waals surface area contributed by atoms with Crippen molar-refractivity contribution in [1.82, 2.24) is 0 Å². The molecule has 0 bridgehead atoms. The van der Waals surface area contributed by atoms with Crippen molar-refractivity contribution in [2.45, 2.75) is 0 Å². The minimum atomic E-state index is -0.769. The highest BCUT2D eigenvalue weighted by Crippen LogP contribution is 2.38. The van der Waals surface area contributed by atoms with Gasteiger partial charge in [0, 0.05) is 0 Å². The molecule has 0 saturated heterocycles. The Balaban J connectivity index is 2.53. The number of carbonyl (C=O) groups is 1. The lowest BCUT2D eigenvalue weighted by molar-refractivity contribution is -0.402. The van der Waals surface area contributed by atoms with Gasteiger partial charge >= 0.3 is 5.88 Å². The van der Waals surface area contributed by atoms with Crippen molar-refractivity contribution in [1.29, 1.82) is 0 Å². The molecular weight excluding hydrogens is 352 g/mol. The van der Waals surface area contributed by atoms with Crippen LogP contribution in [0.25, 0.3) is 0 Å². The number of hydrogen-bond acceptors (Lipinski definition) is 4. The summed E-state index contributed by atoms with van der Waals surface area (Å²) in [4.78, 5) is 21.9. The number of ketones is 1. The molecule has 0 atom stereocenters. The van der Waals surface area contributed by atoms with Crippen LogP contribution < -0.4 is 0 Å². The average Bonchev–Trinajstić information content (AvgIpc) is 2.85. The van der Waals surface area contributed by atoms with Crippen molar-refractivity contribution in [3.05, 3.63) is 59.7 Å². The maximum absolute atomic E-state index is 12.2. The van der Waals surface area contributed by atoms with E-state index in [1.54, 1.807) is 0 Å². The normalized spacial score (nSPS) is 10.6. The molecule has 0 N–H and O–H groups in total. The van der Waals surface area contributed by atoms with Gasteiger partial charge in [0.05, 0.1) is 31.7 Å². The van der Waals surface area contributed by atoms with E-state index in [1.165, 1.54) is 6.07 Å². The molecule has 1 aromatic carbocycles. The van der Waals surface area contributed by atoms with Gasteiger partial charge in [-0.25, -0.2) is 0 Å². The molecular formula is C11H3Cl4NO4. The maximum Gasteiger partial charge on any atom is 0.433 e. The standard InChI is InChI=1S/C11H3Cl4NO4/c12-4-3-5(13)9(14)10(15)8(4)11(17)6-1-2-7(20-6)16(18)19/h1-3H. The molecule has 0 fully saturated rings. The fraction of sp³-hybridized carbons (Fsp3) is 0. The molecule has 0 amide bonds. The Bertz CT molecular complexity index is 725. The quantitative estimate of drug-likeness (QED) is 0.254. The van der Waals surface area contributed by atoms with Crippen LogP contribution in [-0.4, -0.2) is 10.7 Å². The van der Waals surface area contributed by atoms with Crippen LogP contribution in [0.5, 0.6) is 0 Å². The van der Waals surface area contributed by atoms with Crippen LogP contribution in [0.3, 0.4) is 0 Å². The number of nitrogens with zero attached hydrogens (tertiary/aromatic N) is 1. The van der Waals surface area contributed by atoms with E-state index in [4.69, 9.17) is 50.8 Å². The second-order valence-corrected chi connectivity index (χ2v) is 5.14. The molecule has 0 aliphatic heterocycles. The first kappa shape index (κ1) is 15.1. The summed E-state index contributed by atoms with van der Waals surface area (Å²) in [6.45, 7) is 0. The Labute approximate surface area is 132 Å². The van der Waals surface area contributed by atoms with Crippen LogP contribution in [-0.2, 0) is 0 Å². The summed E-state index contributed by atoms with van der Waals surface area (Å²) >= 11 is 23.4. The van der Waals surface area contributed by atoms with Gasteiger partial charge in [0.2, 0.25) is 5.78 Å². The van der Waals surface area contributed by atoms with Crippen LogP contribution in [0.2, 0.25) is 20.1 Å². The van der Waals surface area contributed by atoms with Gasteiger partial charge in [0.15, 0.2) is 5.76 Å². The lowest BCUT2D eigenvalue weighted by Gasteiger charge is -2.07. The van der Waals surface area contributed by atoms with Crippen molar-refractivity contribution in [2.75, 3.05) is 0 Å². The zero-order chi connectivity index (χ0) is 15.0. The van der Waals surface area contributed by atoms with E-state index < -0.39 is 16.6 Å². The molecule has 0 unspecified atom stereocenters. The van der Waals surface area contributed by atoms with Crippen LogP contribution in [0.1, 0.15) is 16.1 Å². The zero-order valence-electron chi connectivity index (χ0n) is 9.32. The van der Waals surface area contributed by atoms with E-state index in [9.17, 15) is 14.9 Å². The molecule has 0 saturated carbocycles. The number of hydrogen-bond donors (Lipinski definition) is 0. The number of furan rings is 1. The number of nitro groups is 1. The Kier molecular flexibility index (Phi) is 4.25. The highest BCUT2D eigenvalue weighted by molar-refractivity contribution is 6.51. The van der Waals surface area contributed by atoms with Crippen LogP contribution >= 0.6 is 46.4 Å². The number of rotatable bonds is 3. The first-order valence-corrected chi connectivity index (χ1v) is 6.46. The molecule has 2 aromatic rings. The lowest BCUT2D eigenvalue weighted by atomic mass is 10.1. The van der Waals surface area contributed by atoms with Gasteiger partial charge in [-0.2, -0.15) is 0 Å². The van der Waals surface area contributed by atoms with Gasteiger partial charge in [0.1, 0.15) is 4.92 Å². The smallest absolute Gasteiger partial charge is 0.397 e. The molecule has 104 valence electrons. The van der Waals surface area contributed by atoms with Crippen LogP contribution in [0, 0.1) is 10.1 Å². The second-order valence-electron chi connectivity index (χ2n) is 3.57. The monoisotopic (exact) mass is 353 g/mol. The third-order valence-corrected chi connectivity index (χ3v) is 3.90. The largest absolute Gasteiger partial charge is 0.433 e. The minimum absolute atomic E-state index is 0.0338. The lowest BCUT2D eigenvalue weighted by Crippen LogP contribution is -2.02. The van der Waals surface area contributed by atoms with E-state index in [0.29, 0.717) is 0 Å².